The van der Waals surface area contributed by atoms with Crippen molar-refractivity contribution >= 4 is 27.7 Å². The second-order valence-electron chi connectivity index (χ2n) is 13.1. The van der Waals surface area contributed by atoms with E-state index >= 15 is 0 Å². The van der Waals surface area contributed by atoms with Gasteiger partial charge in [-0.3, -0.25) is 24.1 Å². The largest absolute Gasteiger partial charge is 0.342 e. The van der Waals surface area contributed by atoms with Crippen LogP contribution in [0.1, 0.15) is 66.5 Å². The van der Waals surface area contributed by atoms with Crippen LogP contribution >= 0.6 is 0 Å². The lowest BCUT2D eigenvalue weighted by Gasteiger charge is -2.39. The van der Waals surface area contributed by atoms with E-state index in [0.29, 0.717) is 11.3 Å². The lowest BCUT2D eigenvalue weighted by Crippen LogP contribution is -2.60. The monoisotopic (exact) mass is 627 g/mol. The Morgan fingerprint density at radius 2 is 1.55 bits per heavy atom. The molecule has 0 aliphatic carbocycles. The maximum Gasteiger partial charge on any atom is 0.249 e. The van der Waals surface area contributed by atoms with Gasteiger partial charge in [-0.1, -0.05) is 90.9 Å². The molecule has 1 heterocycles. The third-order valence-corrected chi connectivity index (χ3v) is 8.89. The molecular formula is C33H49N5O5S. The second-order valence-corrected chi connectivity index (χ2v) is 14.9. The van der Waals surface area contributed by atoms with E-state index in [0.717, 1.165) is 5.56 Å². The van der Waals surface area contributed by atoms with Gasteiger partial charge in [-0.05, 0) is 42.5 Å². The lowest BCUT2D eigenvalue weighted by atomic mass is 9.76. The van der Waals surface area contributed by atoms with Gasteiger partial charge in [-0.25, -0.2) is 8.42 Å². The summed E-state index contributed by atoms with van der Waals surface area (Å²) in [6.07, 6.45) is 4.55. The zero-order valence-electron chi connectivity index (χ0n) is 27.6. The van der Waals surface area contributed by atoms with Gasteiger partial charge in [0, 0.05) is 30.6 Å². The first-order valence-electron chi connectivity index (χ1n) is 14.8. The van der Waals surface area contributed by atoms with Crippen molar-refractivity contribution in [2.75, 3.05) is 14.1 Å². The van der Waals surface area contributed by atoms with E-state index in [1.54, 1.807) is 39.2 Å². The Kier molecular flexibility index (Phi) is 12.4. The van der Waals surface area contributed by atoms with Crippen LogP contribution in [0.15, 0.2) is 66.6 Å². The first-order chi connectivity index (χ1) is 20.3. The predicted octanol–water partition coefficient (Wildman–Crippen LogP) is 3.76. The van der Waals surface area contributed by atoms with Crippen LogP contribution in [0.3, 0.4) is 0 Å². The molecule has 0 fully saturated rings. The molecule has 3 N–H and O–H groups in total. The van der Waals surface area contributed by atoms with Crippen LogP contribution in [0.25, 0.3) is 0 Å². The average molecular weight is 628 g/mol. The highest BCUT2D eigenvalue weighted by molar-refractivity contribution is 7.89. The number of amides is 3. The van der Waals surface area contributed by atoms with Crippen molar-refractivity contribution in [1.82, 2.24) is 25.2 Å². The number of hydrogen-bond acceptors (Lipinski definition) is 7. The van der Waals surface area contributed by atoms with Gasteiger partial charge in [0.05, 0.1) is 17.7 Å². The molecule has 1 unspecified atom stereocenters. The lowest BCUT2D eigenvalue weighted by molar-refractivity contribution is -0.138. The highest BCUT2D eigenvalue weighted by atomic mass is 32.2. The number of benzene rings is 1. The highest BCUT2D eigenvalue weighted by Crippen LogP contribution is 2.29. The summed E-state index contributed by atoms with van der Waals surface area (Å²) in [6.45, 7) is 14.9. The summed E-state index contributed by atoms with van der Waals surface area (Å²) < 4.78 is 27.4. The van der Waals surface area contributed by atoms with Crippen LogP contribution < -0.4 is 15.4 Å². The molecule has 2 aromatic rings. The molecule has 0 radical (unpaired) electrons. The van der Waals surface area contributed by atoms with E-state index in [-0.39, 0.29) is 23.5 Å². The fourth-order valence-corrected chi connectivity index (χ4v) is 6.23. The normalized spacial score (nSPS) is 14.8. The zero-order chi connectivity index (χ0) is 33.5. The van der Waals surface area contributed by atoms with Gasteiger partial charge in [0.15, 0.2) is 0 Å². The minimum atomic E-state index is -3.96. The van der Waals surface area contributed by atoms with Gasteiger partial charge in [0.2, 0.25) is 27.7 Å². The third-order valence-electron chi connectivity index (χ3n) is 7.67. The zero-order valence-corrected chi connectivity index (χ0v) is 28.5. The van der Waals surface area contributed by atoms with E-state index < -0.39 is 44.8 Å². The van der Waals surface area contributed by atoms with Gasteiger partial charge < -0.3 is 15.5 Å². The maximum atomic E-state index is 14.0. The van der Waals surface area contributed by atoms with Crippen LogP contribution in [0.2, 0.25) is 0 Å². The van der Waals surface area contributed by atoms with Crippen LogP contribution in [0, 0.1) is 17.3 Å². The number of nitrogens with zero attached hydrogens (tertiary/aromatic N) is 2. The second kappa shape index (κ2) is 14.9. The molecule has 11 heteroatoms. The molecule has 3 atom stereocenters. The van der Waals surface area contributed by atoms with Crippen LogP contribution in [0.5, 0.6) is 0 Å². The summed E-state index contributed by atoms with van der Waals surface area (Å²) >= 11 is 0. The molecule has 2 rings (SSSR count). The topological polar surface area (TPSA) is 138 Å². The number of aromatic nitrogens is 1. The Morgan fingerprint density at radius 1 is 0.932 bits per heavy atom. The highest BCUT2D eigenvalue weighted by Gasteiger charge is 2.41. The summed E-state index contributed by atoms with van der Waals surface area (Å²) in [7, 11) is -0.640. The Hall–Kier alpha value is -3.57. The fourth-order valence-electron chi connectivity index (χ4n) is 5.06. The number of rotatable bonds is 13. The third kappa shape index (κ3) is 9.72. The van der Waals surface area contributed by atoms with Crippen molar-refractivity contribution in [2.24, 2.45) is 17.3 Å². The number of likely N-dealkylation sites (N-methyl/N-ethyl adjacent to an activating group) is 2. The first kappa shape index (κ1) is 36.6. The SMILES string of the molecule is CN[C@H](C(=O)N[C@H](C(=O)N(C)/C(=C/C(C)C(=O)NS(=O)(=O)Cc1cccnc1)C(C)C)C(C)(C)C)C(C)(C)c1ccccc1. The Morgan fingerprint density at radius 3 is 2.05 bits per heavy atom. The molecule has 44 heavy (non-hydrogen) atoms. The van der Waals surface area contributed by atoms with E-state index in [4.69, 9.17) is 0 Å². The minimum Gasteiger partial charge on any atom is -0.342 e. The first-order valence-corrected chi connectivity index (χ1v) is 16.4. The summed E-state index contributed by atoms with van der Waals surface area (Å²) in [4.78, 5) is 46.1. The number of pyridine rings is 1. The molecule has 1 aromatic carbocycles. The van der Waals surface area contributed by atoms with E-state index in [1.165, 1.54) is 17.3 Å². The molecule has 0 aliphatic rings. The van der Waals surface area contributed by atoms with Crippen molar-refractivity contribution < 1.29 is 22.8 Å². The van der Waals surface area contributed by atoms with Gasteiger partial charge in [0.1, 0.15) is 6.04 Å². The number of hydrogen-bond donors (Lipinski definition) is 3. The number of carbonyl (C=O) groups is 3. The average Bonchev–Trinajstić information content (AvgIpc) is 2.93. The molecule has 242 valence electrons. The number of nitrogens with one attached hydrogen (secondary N) is 3. The van der Waals surface area contributed by atoms with E-state index in [9.17, 15) is 22.8 Å². The Labute approximate surface area is 263 Å². The molecule has 0 spiro atoms. The van der Waals surface area contributed by atoms with Gasteiger partial charge in [0.25, 0.3) is 0 Å². The molecule has 0 bridgehead atoms. The van der Waals surface area contributed by atoms with Crippen molar-refractivity contribution in [3.63, 3.8) is 0 Å². The van der Waals surface area contributed by atoms with Gasteiger partial charge >= 0.3 is 0 Å². The number of allylic oxidation sites excluding steroid dienone is 1. The number of sulfonamides is 1. The van der Waals surface area contributed by atoms with Crippen molar-refractivity contribution in [1.29, 1.82) is 0 Å². The van der Waals surface area contributed by atoms with E-state index in [2.05, 4.69) is 20.3 Å². The Balaban J connectivity index is 2.29. The standard InChI is InChI=1S/C33H49N5O5S/c1-22(2)26(19-23(3)29(39)37-44(42,43)21-24-15-14-18-35-20-24)38(10)31(41)28(32(4,5)6)36-30(40)27(34-9)33(7,8)25-16-12-11-13-17-25/h11-20,22-23,27-28,34H,21H2,1-10H3,(H,36,40)(H,37,39)/b26-19+/t23?,27-,28-/m1/s1. The molecule has 10 nitrogen and oxygen atoms in total. The van der Waals surface area contributed by atoms with E-state index in [1.807, 2.05) is 78.8 Å². The van der Waals surface area contributed by atoms with Crippen molar-refractivity contribution in [2.45, 2.75) is 78.6 Å². The molecule has 3 amide bonds. The fraction of sp³-hybridized carbons (Fsp3) is 0.515. The summed E-state index contributed by atoms with van der Waals surface area (Å²) in [5.74, 6) is -2.83. The van der Waals surface area contributed by atoms with Gasteiger partial charge in [-0.2, -0.15) is 0 Å². The van der Waals surface area contributed by atoms with Gasteiger partial charge in [-0.15, -0.1) is 0 Å². The molecule has 1 aromatic heterocycles. The summed E-state index contributed by atoms with van der Waals surface area (Å²) in [6, 6.07) is 11.4. The summed E-state index contributed by atoms with van der Waals surface area (Å²) in [5, 5.41) is 6.14. The Bertz CT molecular complexity index is 1420. The van der Waals surface area contributed by atoms with Crippen molar-refractivity contribution in [3.05, 3.63) is 77.8 Å². The molecule has 0 saturated carbocycles. The van der Waals surface area contributed by atoms with Crippen LogP contribution in [-0.2, 0) is 35.6 Å². The molecular weight excluding hydrogens is 578 g/mol. The maximum absolute atomic E-state index is 14.0. The molecule has 0 aliphatic heterocycles. The van der Waals surface area contributed by atoms with Crippen LogP contribution in [0.4, 0.5) is 0 Å². The quantitative estimate of drug-likeness (QED) is 0.308. The molecule has 0 saturated heterocycles. The predicted molar refractivity (Wildman–Crippen MR) is 174 cm³/mol. The number of carbonyl (C=O) groups excluding carboxylic acids is 3. The van der Waals surface area contributed by atoms with Crippen molar-refractivity contribution in [3.8, 4) is 0 Å². The minimum absolute atomic E-state index is 0.190. The smallest absolute Gasteiger partial charge is 0.249 e. The summed E-state index contributed by atoms with van der Waals surface area (Å²) in [5.41, 5.74) is 0.722. The van der Waals surface area contributed by atoms with Crippen LogP contribution in [-0.4, -0.2) is 62.2 Å².